The molecule has 1 amide bonds. The van der Waals surface area contributed by atoms with Crippen LogP contribution in [0.5, 0.6) is 0 Å². The number of benzene rings is 1. The third-order valence-electron chi connectivity index (χ3n) is 4.74. The molecule has 1 aliphatic rings. The summed E-state index contributed by atoms with van der Waals surface area (Å²) in [6.07, 6.45) is 2.68. The largest absolute Gasteiger partial charge is 0.396 e. The van der Waals surface area contributed by atoms with Gasteiger partial charge < -0.3 is 15.1 Å². The topological polar surface area (TPSA) is 60.8 Å². The zero-order valence-electron chi connectivity index (χ0n) is 13.2. The maximum atomic E-state index is 13.0. The summed E-state index contributed by atoms with van der Waals surface area (Å²) < 4.78 is 0. The minimum atomic E-state index is -0.685. The van der Waals surface area contributed by atoms with E-state index in [1.54, 1.807) is 18.9 Å². The first-order chi connectivity index (χ1) is 10.4. The van der Waals surface area contributed by atoms with Crippen LogP contribution in [-0.4, -0.2) is 47.8 Å². The van der Waals surface area contributed by atoms with E-state index in [1.807, 2.05) is 24.3 Å². The maximum Gasteiger partial charge on any atom is 0.232 e. The summed E-state index contributed by atoms with van der Waals surface area (Å²) in [6, 6.07) is 7.47. The van der Waals surface area contributed by atoms with Gasteiger partial charge in [0.25, 0.3) is 0 Å². The van der Waals surface area contributed by atoms with Gasteiger partial charge in [-0.05, 0) is 30.5 Å². The average Bonchev–Trinajstić information content (AvgIpc) is 2.47. The molecule has 1 fully saturated rings. The van der Waals surface area contributed by atoms with Gasteiger partial charge >= 0.3 is 0 Å². The molecule has 1 aromatic carbocycles. The molecule has 122 valence electrons. The molecule has 2 rings (SSSR count). The first-order valence-electron chi connectivity index (χ1n) is 7.60. The van der Waals surface area contributed by atoms with Crippen molar-refractivity contribution in [2.24, 2.45) is 5.41 Å². The zero-order valence-corrected chi connectivity index (χ0v) is 13.9. The highest BCUT2D eigenvalue weighted by atomic mass is 35.5. The highest BCUT2D eigenvalue weighted by Gasteiger charge is 2.47. The molecule has 0 radical (unpaired) electrons. The van der Waals surface area contributed by atoms with E-state index in [0.717, 1.165) is 24.8 Å². The van der Waals surface area contributed by atoms with E-state index in [4.69, 9.17) is 11.6 Å². The number of likely N-dealkylation sites (N-methyl/N-ethyl adjacent to an activating group) is 1. The molecule has 0 saturated heterocycles. The second-order valence-electron chi connectivity index (χ2n) is 6.73. The number of rotatable bonds is 6. The minimum absolute atomic E-state index is 0.0502. The molecule has 0 aromatic heterocycles. The van der Waals surface area contributed by atoms with Gasteiger partial charge in [0, 0.05) is 24.0 Å². The van der Waals surface area contributed by atoms with Crippen LogP contribution >= 0.6 is 11.6 Å². The lowest BCUT2D eigenvalue weighted by atomic mass is 9.63. The van der Waals surface area contributed by atoms with Gasteiger partial charge in [-0.15, -0.1) is 0 Å². The molecule has 0 atom stereocenters. The van der Waals surface area contributed by atoms with E-state index in [9.17, 15) is 15.0 Å². The third-order valence-corrected chi connectivity index (χ3v) is 4.99. The first-order valence-corrected chi connectivity index (χ1v) is 7.98. The fourth-order valence-corrected chi connectivity index (χ4v) is 3.21. The predicted molar refractivity (Wildman–Crippen MR) is 86.9 cm³/mol. The molecule has 1 saturated carbocycles. The highest BCUT2D eigenvalue weighted by Crippen LogP contribution is 2.45. The number of hydrogen-bond donors (Lipinski definition) is 2. The second kappa shape index (κ2) is 6.57. The Morgan fingerprint density at radius 3 is 2.23 bits per heavy atom. The van der Waals surface area contributed by atoms with Crippen LogP contribution < -0.4 is 0 Å². The number of nitrogens with zero attached hydrogens (tertiary/aromatic N) is 1. The molecule has 0 spiro atoms. The Kier molecular flexibility index (Phi) is 5.15. The Bertz CT molecular complexity index is 521. The maximum absolute atomic E-state index is 13.0. The lowest BCUT2D eigenvalue weighted by Gasteiger charge is -2.44. The van der Waals surface area contributed by atoms with Gasteiger partial charge in [-0.2, -0.15) is 0 Å². The van der Waals surface area contributed by atoms with Gasteiger partial charge in [0.05, 0.1) is 18.6 Å². The molecule has 22 heavy (non-hydrogen) atoms. The van der Waals surface area contributed by atoms with Crippen LogP contribution in [-0.2, 0) is 10.2 Å². The minimum Gasteiger partial charge on any atom is -0.396 e. The summed E-state index contributed by atoms with van der Waals surface area (Å²) in [4.78, 5) is 14.6. The van der Waals surface area contributed by atoms with Crippen LogP contribution in [0.4, 0.5) is 0 Å². The quantitative estimate of drug-likeness (QED) is 0.843. The predicted octanol–water partition coefficient (Wildman–Crippen LogP) is 2.21. The summed E-state index contributed by atoms with van der Waals surface area (Å²) >= 11 is 5.94. The number of hydrogen-bond acceptors (Lipinski definition) is 3. The lowest BCUT2D eigenvalue weighted by Crippen LogP contribution is -2.52. The van der Waals surface area contributed by atoms with E-state index in [2.05, 4.69) is 0 Å². The molecular weight excluding hydrogens is 302 g/mol. The van der Waals surface area contributed by atoms with Gasteiger partial charge in [0.2, 0.25) is 5.91 Å². The van der Waals surface area contributed by atoms with E-state index in [1.165, 1.54) is 0 Å². The van der Waals surface area contributed by atoms with Crippen molar-refractivity contribution in [1.29, 1.82) is 0 Å². The molecule has 0 bridgehead atoms. The van der Waals surface area contributed by atoms with Crippen molar-refractivity contribution in [3.05, 3.63) is 34.9 Å². The Hall–Kier alpha value is -1.10. The molecule has 0 aliphatic heterocycles. The van der Waals surface area contributed by atoms with E-state index in [0.29, 0.717) is 11.6 Å². The van der Waals surface area contributed by atoms with Crippen LogP contribution in [0.25, 0.3) is 0 Å². The Morgan fingerprint density at radius 1 is 1.27 bits per heavy atom. The second-order valence-corrected chi connectivity index (χ2v) is 7.17. The van der Waals surface area contributed by atoms with Crippen LogP contribution in [0, 0.1) is 5.41 Å². The highest BCUT2D eigenvalue weighted by molar-refractivity contribution is 6.30. The first kappa shape index (κ1) is 17.3. The smallest absolute Gasteiger partial charge is 0.232 e. The van der Waals surface area contributed by atoms with Crippen molar-refractivity contribution in [3.8, 4) is 0 Å². The average molecular weight is 326 g/mol. The molecule has 0 unspecified atom stereocenters. The number of carbonyl (C=O) groups is 1. The van der Waals surface area contributed by atoms with Gasteiger partial charge in [-0.25, -0.2) is 0 Å². The summed E-state index contributed by atoms with van der Waals surface area (Å²) in [7, 11) is 1.74. The molecule has 2 N–H and O–H groups in total. The van der Waals surface area contributed by atoms with Gasteiger partial charge in [-0.3, -0.25) is 4.79 Å². The Labute approximate surface area is 136 Å². The fraction of sp³-hybridized carbons (Fsp3) is 0.588. The van der Waals surface area contributed by atoms with Crippen LogP contribution in [0.15, 0.2) is 24.3 Å². The van der Waals surface area contributed by atoms with Crippen LogP contribution in [0.1, 0.15) is 31.7 Å². The number of carbonyl (C=O) groups excluding carboxylic acids is 1. The van der Waals surface area contributed by atoms with Gasteiger partial charge in [-0.1, -0.05) is 37.1 Å². The lowest BCUT2D eigenvalue weighted by molar-refractivity contribution is -0.141. The molecule has 5 heteroatoms. The van der Waals surface area contributed by atoms with Crippen LogP contribution in [0.2, 0.25) is 5.02 Å². The van der Waals surface area contributed by atoms with Crippen molar-refractivity contribution in [1.82, 2.24) is 4.90 Å². The Morgan fingerprint density at radius 2 is 1.82 bits per heavy atom. The monoisotopic (exact) mass is 325 g/mol. The number of aliphatic hydroxyl groups excluding tert-OH is 2. The molecular formula is C17H24ClNO3. The van der Waals surface area contributed by atoms with Crippen LogP contribution in [0.3, 0.4) is 0 Å². The molecule has 1 aliphatic carbocycles. The van der Waals surface area contributed by atoms with E-state index < -0.39 is 10.8 Å². The molecule has 4 nitrogen and oxygen atoms in total. The van der Waals surface area contributed by atoms with Gasteiger partial charge in [0.15, 0.2) is 0 Å². The fourth-order valence-electron chi connectivity index (χ4n) is 3.09. The number of amides is 1. The molecule has 1 aromatic rings. The van der Waals surface area contributed by atoms with Crippen molar-refractivity contribution in [2.45, 2.75) is 31.6 Å². The SMILES string of the molecule is CN(CC(C)(CO)CO)C(=O)C1(c2ccc(Cl)cc2)CCC1. The normalized spacial score (nSPS) is 17.0. The number of halogens is 1. The van der Waals surface area contributed by atoms with Crippen molar-refractivity contribution >= 4 is 17.5 Å². The van der Waals surface area contributed by atoms with Crippen molar-refractivity contribution in [3.63, 3.8) is 0 Å². The number of aliphatic hydroxyl groups is 2. The summed E-state index contributed by atoms with van der Waals surface area (Å²) in [5.74, 6) is 0.0502. The molecule has 0 heterocycles. The third kappa shape index (κ3) is 3.14. The van der Waals surface area contributed by atoms with E-state index >= 15 is 0 Å². The van der Waals surface area contributed by atoms with Crippen molar-refractivity contribution < 1.29 is 15.0 Å². The Balaban J connectivity index is 2.20. The van der Waals surface area contributed by atoms with E-state index in [-0.39, 0.29) is 19.1 Å². The van der Waals surface area contributed by atoms with Gasteiger partial charge in [0.1, 0.15) is 0 Å². The zero-order chi connectivity index (χ0) is 16.4. The van der Waals surface area contributed by atoms with Crippen molar-refractivity contribution in [2.75, 3.05) is 26.8 Å². The standard InChI is InChI=1S/C17H24ClNO3/c1-16(11-20,12-21)10-19(2)15(22)17(8-3-9-17)13-4-6-14(18)7-5-13/h4-7,20-21H,3,8-12H2,1-2H3. The summed E-state index contributed by atoms with van der Waals surface area (Å²) in [5, 5.41) is 19.5. The summed E-state index contributed by atoms with van der Waals surface area (Å²) in [6.45, 7) is 1.78. The summed E-state index contributed by atoms with van der Waals surface area (Å²) in [5.41, 5.74) is -0.171.